The first-order chi connectivity index (χ1) is 18.2. The van der Waals surface area contributed by atoms with Crippen LogP contribution >= 0.6 is 11.6 Å². The summed E-state index contributed by atoms with van der Waals surface area (Å²) in [7, 11) is 0. The molecule has 38 heavy (non-hydrogen) atoms. The van der Waals surface area contributed by atoms with Crippen LogP contribution in [0.3, 0.4) is 0 Å². The fourth-order valence-electron chi connectivity index (χ4n) is 5.38. The smallest absolute Gasteiger partial charge is 0.301 e. The van der Waals surface area contributed by atoms with Gasteiger partial charge in [0.05, 0.1) is 29.5 Å². The van der Waals surface area contributed by atoms with Crippen molar-refractivity contribution in [2.75, 3.05) is 35.2 Å². The Kier molecular flexibility index (Phi) is 6.30. The Bertz CT molecular complexity index is 1450. The van der Waals surface area contributed by atoms with Crippen molar-refractivity contribution in [3.8, 4) is 5.75 Å². The van der Waals surface area contributed by atoms with Crippen LogP contribution in [0.1, 0.15) is 32.6 Å². The zero-order valence-corrected chi connectivity index (χ0v) is 21.6. The Morgan fingerprint density at radius 3 is 2.87 bits per heavy atom. The third-order valence-electron chi connectivity index (χ3n) is 7.47. The molecule has 0 spiro atoms. The van der Waals surface area contributed by atoms with Crippen LogP contribution < -0.4 is 25.8 Å². The van der Waals surface area contributed by atoms with Crippen molar-refractivity contribution in [1.29, 1.82) is 0 Å². The van der Waals surface area contributed by atoms with Gasteiger partial charge < -0.3 is 29.9 Å². The molecule has 12 heteroatoms. The predicted octanol–water partition coefficient (Wildman–Crippen LogP) is 4.39. The van der Waals surface area contributed by atoms with Crippen LogP contribution in [-0.4, -0.2) is 57.4 Å². The highest BCUT2D eigenvalue weighted by molar-refractivity contribution is 6.32. The lowest BCUT2D eigenvalue weighted by Gasteiger charge is -2.30. The first-order valence-electron chi connectivity index (χ1n) is 13.0. The molecule has 3 aromatic rings. The molecule has 2 fully saturated rings. The monoisotopic (exact) mass is 546 g/mol. The number of halogens is 3. The zero-order valence-electron chi connectivity index (χ0n) is 20.9. The van der Waals surface area contributed by atoms with Gasteiger partial charge in [0.1, 0.15) is 5.02 Å². The van der Waals surface area contributed by atoms with E-state index in [1.54, 1.807) is 18.2 Å². The molecular weight excluding hydrogens is 518 g/mol. The van der Waals surface area contributed by atoms with Crippen LogP contribution in [0.15, 0.2) is 29.2 Å². The number of benzene rings is 1. The van der Waals surface area contributed by atoms with E-state index in [0.29, 0.717) is 59.3 Å². The second kappa shape index (κ2) is 9.53. The zero-order chi connectivity index (χ0) is 26.6. The molecule has 2 aliphatic heterocycles. The molecule has 1 saturated carbocycles. The van der Waals surface area contributed by atoms with Crippen LogP contribution in [0, 0.1) is 5.92 Å². The number of pyridine rings is 1. The van der Waals surface area contributed by atoms with Crippen LogP contribution in [0.2, 0.25) is 5.02 Å². The number of alkyl halides is 2. The van der Waals surface area contributed by atoms with Crippen molar-refractivity contribution in [3.05, 3.63) is 39.8 Å². The molecule has 0 unspecified atom stereocenters. The standard InChI is InChI=1S/C26H29ClF2N6O3/c1-2-35-19-8-7-15(31-23-18(27)11-30-25(33-23)34-9-3-4-16(36)12-34)10-17(19)20-21(24(35)37)38-13-26(28,29)22(32-20)14-5-6-14/h7-8,10-11,14,16,22,32,36H,2-6,9,12-13H2,1H3,(H,30,31,33)/t16-,22+/m1/s1. The summed E-state index contributed by atoms with van der Waals surface area (Å²) < 4.78 is 36.9. The number of nitrogens with zero attached hydrogens (tertiary/aromatic N) is 4. The fourth-order valence-corrected chi connectivity index (χ4v) is 5.52. The molecule has 202 valence electrons. The number of rotatable bonds is 5. The number of aliphatic hydroxyl groups is 1. The number of ether oxygens (including phenoxy) is 1. The summed E-state index contributed by atoms with van der Waals surface area (Å²) in [4.78, 5) is 24.1. The van der Waals surface area contributed by atoms with Gasteiger partial charge in [0.25, 0.3) is 5.56 Å². The Balaban J connectivity index is 1.41. The average molecular weight is 547 g/mol. The summed E-state index contributed by atoms with van der Waals surface area (Å²) in [5, 5.41) is 17.2. The van der Waals surface area contributed by atoms with Gasteiger partial charge in [-0.15, -0.1) is 0 Å². The highest BCUT2D eigenvalue weighted by Crippen LogP contribution is 2.45. The number of piperidine rings is 1. The largest absolute Gasteiger partial charge is 0.480 e. The number of aliphatic hydroxyl groups excluding tert-OH is 1. The van der Waals surface area contributed by atoms with E-state index in [9.17, 15) is 18.7 Å². The van der Waals surface area contributed by atoms with Gasteiger partial charge in [0.2, 0.25) is 11.7 Å². The molecule has 1 saturated heterocycles. The summed E-state index contributed by atoms with van der Waals surface area (Å²) in [6, 6.07) is 4.23. The maximum absolute atomic E-state index is 15.0. The van der Waals surface area contributed by atoms with Gasteiger partial charge in [-0.1, -0.05) is 11.6 Å². The molecule has 9 nitrogen and oxygen atoms in total. The lowest BCUT2D eigenvalue weighted by atomic mass is 10.0. The minimum absolute atomic E-state index is 0.0923. The third-order valence-corrected chi connectivity index (χ3v) is 7.75. The molecule has 2 atom stereocenters. The molecule has 6 rings (SSSR count). The van der Waals surface area contributed by atoms with Gasteiger partial charge in [-0.05, 0) is 56.7 Å². The van der Waals surface area contributed by atoms with Crippen molar-refractivity contribution in [2.45, 2.75) is 57.2 Å². The van der Waals surface area contributed by atoms with E-state index in [0.717, 1.165) is 19.4 Å². The van der Waals surface area contributed by atoms with Gasteiger partial charge in [-0.2, -0.15) is 4.98 Å². The van der Waals surface area contributed by atoms with Crippen molar-refractivity contribution in [2.24, 2.45) is 5.92 Å². The molecule has 1 aromatic carbocycles. The molecule has 0 radical (unpaired) electrons. The topological polar surface area (TPSA) is 105 Å². The maximum atomic E-state index is 15.0. The quantitative estimate of drug-likeness (QED) is 0.433. The van der Waals surface area contributed by atoms with Gasteiger partial charge in [-0.3, -0.25) is 4.79 Å². The van der Waals surface area contributed by atoms with Crippen molar-refractivity contribution < 1.29 is 18.6 Å². The number of fused-ring (bicyclic) bond motifs is 3. The Morgan fingerprint density at radius 2 is 2.13 bits per heavy atom. The number of nitrogens with one attached hydrogen (secondary N) is 2. The number of hydrogen-bond donors (Lipinski definition) is 3. The van der Waals surface area contributed by atoms with E-state index < -0.39 is 30.2 Å². The van der Waals surface area contributed by atoms with Crippen LogP contribution in [0.5, 0.6) is 5.75 Å². The summed E-state index contributed by atoms with van der Waals surface area (Å²) in [5.41, 5.74) is 1.05. The summed E-state index contributed by atoms with van der Waals surface area (Å²) >= 11 is 6.41. The number of aromatic nitrogens is 3. The summed E-state index contributed by atoms with van der Waals surface area (Å²) in [5.74, 6) is -2.55. The molecular formula is C26H29ClF2N6O3. The van der Waals surface area contributed by atoms with E-state index in [2.05, 4.69) is 20.6 Å². The van der Waals surface area contributed by atoms with Crippen molar-refractivity contribution in [3.63, 3.8) is 0 Å². The van der Waals surface area contributed by atoms with Gasteiger partial charge >= 0.3 is 5.92 Å². The number of hydrogen-bond acceptors (Lipinski definition) is 8. The molecule has 3 aliphatic rings. The van der Waals surface area contributed by atoms with E-state index in [1.165, 1.54) is 10.8 Å². The van der Waals surface area contributed by atoms with Crippen LogP contribution in [-0.2, 0) is 6.54 Å². The minimum atomic E-state index is -3.11. The number of β-amino-alcohol motifs (C(OH)–C–C–N with tert-alkyl or cyclic N) is 1. The molecule has 4 heterocycles. The molecule has 0 bridgehead atoms. The van der Waals surface area contributed by atoms with Crippen molar-refractivity contribution >= 4 is 45.6 Å². The van der Waals surface area contributed by atoms with Crippen LogP contribution in [0.4, 0.5) is 31.9 Å². The normalized spacial score (nSPS) is 22.8. The minimum Gasteiger partial charge on any atom is -0.480 e. The highest BCUT2D eigenvalue weighted by Gasteiger charge is 2.51. The second-order valence-electron chi connectivity index (χ2n) is 10.2. The number of anilines is 4. The van der Waals surface area contributed by atoms with Gasteiger partial charge in [0.15, 0.2) is 12.4 Å². The van der Waals surface area contributed by atoms with Crippen LogP contribution in [0.25, 0.3) is 10.9 Å². The van der Waals surface area contributed by atoms with E-state index in [-0.39, 0.29) is 17.4 Å². The lowest BCUT2D eigenvalue weighted by molar-refractivity contribution is -0.0579. The van der Waals surface area contributed by atoms with E-state index in [1.807, 2.05) is 11.8 Å². The summed E-state index contributed by atoms with van der Waals surface area (Å²) in [6.07, 6.45) is 4.07. The molecule has 2 aromatic heterocycles. The van der Waals surface area contributed by atoms with Gasteiger partial charge in [-0.25, -0.2) is 13.8 Å². The number of aryl methyl sites for hydroxylation is 1. The van der Waals surface area contributed by atoms with Gasteiger partial charge in [0, 0.05) is 30.7 Å². The molecule has 3 N–H and O–H groups in total. The Hall–Kier alpha value is -3.18. The average Bonchev–Trinajstić information content (AvgIpc) is 3.73. The lowest BCUT2D eigenvalue weighted by Crippen LogP contribution is -2.44. The summed E-state index contributed by atoms with van der Waals surface area (Å²) in [6.45, 7) is 2.50. The van der Waals surface area contributed by atoms with Crippen molar-refractivity contribution in [1.82, 2.24) is 14.5 Å². The molecule has 0 amide bonds. The van der Waals surface area contributed by atoms with E-state index >= 15 is 0 Å². The second-order valence-corrected chi connectivity index (χ2v) is 10.6. The fraction of sp³-hybridized carbons (Fsp3) is 0.500. The first-order valence-corrected chi connectivity index (χ1v) is 13.3. The first kappa shape index (κ1) is 25.1. The highest BCUT2D eigenvalue weighted by atomic mass is 35.5. The SMILES string of the molecule is CCn1c(=O)c2c(c3cc(Nc4nc(N5CCC[C@@H](O)C5)ncc4Cl)ccc31)N[C@@H](C1CC1)C(F)(F)CO2. The van der Waals surface area contributed by atoms with E-state index in [4.69, 9.17) is 16.3 Å². The predicted molar refractivity (Wildman–Crippen MR) is 142 cm³/mol. The molecule has 1 aliphatic carbocycles. The Morgan fingerprint density at radius 1 is 1.32 bits per heavy atom. The third kappa shape index (κ3) is 4.51. The Labute approximate surface area is 222 Å². The maximum Gasteiger partial charge on any atom is 0.301 e.